The molecule has 3 N–H and O–H groups in total. The average molecular weight is 256 g/mol. The first-order chi connectivity index (χ1) is 8.02. The van der Waals surface area contributed by atoms with Crippen molar-refractivity contribution in [2.24, 2.45) is 5.73 Å². The van der Waals surface area contributed by atoms with Crippen molar-refractivity contribution < 1.29 is 14.6 Å². The minimum atomic E-state index is -1.05. The maximum absolute atomic E-state index is 10.9. The summed E-state index contributed by atoms with van der Waals surface area (Å²) in [5.74, 6) is -0.377. The number of ether oxygens (including phenoxy) is 1. The molecule has 0 fully saturated rings. The lowest BCUT2D eigenvalue weighted by Gasteiger charge is -2.23. The molecule has 17 heavy (non-hydrogen) atoms. The molecule has 5 heteroatoms. The zero-order valence-electron chi connectivity index (χ0n) is 9.50. The Balaban J connectivity index is 2.56. The summed E-state index contributed by atoms with van der Waals surface area (Å²) in [6.07, 6.45) is 1.76. The summed E-state index contributed by atoms with van der Waals surface area (Å²) in [5.41, 5.74) is 8.06. The number of nitrogens with two attached hydrogens (primary N) is 1. The molecule has 1 aromatic rings. The summed E-state index contributed by atoms with van der Waals surface area (Å²) < 4.78 is 5.51. The Morgan fingerprint density at radius 1 is 1.65 bits per heavy atom. The highest BCUT2D eigenvalue weighted by molar-refractivity contribution is 6.32. The van der Waals surface area contributed by atoms with Gasteiger partial charge in [-0.1, -0.05) is 11.6 Å². The van der Waals surface area contributed by atoms with Gasteiger partial charge in [-0.15, -0.1) is 0 Å². The van der Waals surface area contributed by atoms with Crippen LogP contribution in [0.15, 0.2) is 6.07 Å². The van der Waals surface area contributed by atoms with Crippen LogP contribution >= 0.6 is 11.6 Å². The van der Waals surface area contributed by atoms with Crippen LogP contribution in [-0.2, 0) is 11.2 Å². The summed E-state index contributed by atoms with van der Waals surface area (Å²) in [4.78, 5) is 10.9. The van der Waals surface area contributed by atoms with E-state index in [0.29, 0.717) is 22.9 Å². The first-order valence-corrected chi connectivity index (χ1v) is 5.83. The Kier molecular flexibility index (Phi) is 3.26. The summed E-state index contributed by atoms with van der Waals surface area (Å²) in [7, 11) is 0. The molecule has 0 amide bonds. The molecule has 1 aromatic carbocycles. The van der Waals surface area contributed by atoms with E-state index in [1.54, 1.807) is 6.07 Å². The highest BCUT2D eigenvalue weighted by Crippen LogP contribution is 2.38. The molecular weight excluding hydrogens is 242 g/mol. The van der Waals surface area contributed by atoms with Crippen LogP contribution in [0.4, 0.5) is 0 Å². The van der Waals surface area contributed by atoms with Gasteiger partial charge in [-0.05, 0) is 42.5 Å². The highest BCUT2D eigenvalue weighted by atomic mass is 35.5. The van der Waals surface area contributed by atoms with E-state index in [-0.39, 0.29) is 0 Å². The number of carbonyl (C=O) groups is 1. The minimum absolute atomic E-state index is 0.442. The SMILES string of the molecule is Cc1c(C(N)C(=O)O)cc(Cl)c2c1CCCO2. The first kappa shape index (κ1) is 12.2. The van der Waals surface area contributed by atoms with Gasteiger partial charge < -0.3 is 15.6 Å². The first-order valence-electron chi connectivity index (χ1n) is 5.45. The molecule has 0 radical (unpaired) electrons. The lowest BCUT2D eigenvalue weighted by molar-refractivity contribution is -0.138. The van der Waals surface area contributed by atoms with Gasteiger partial charge in [0.2, 0.25) is 0 Å². The van der Waals surface area contributed by atoms with Crippen LogP contribution in [0.25, 0.3) is 0 Å². The molecule has 0 aliphatic carbocycles. The zero-order valence-corrected chi connectivity index (χ0v) is 10.3. The van der Waals surface area contributed by atoms with E-state index < -0.39 is 12.0 Å². The Bertz CT molecular complexity index is 473. The number of fused-ring (bicyclic) bond motifs is 1. The Morgan fingerprint density at radius 3 is 3.00 bits per heavy atom. The van der Waals surface area contributed by atoms with Gasteiger partial charge in [0, 0.05) is 0 Å². The molecule has 0 saturated heterocycles. The number of hydrogen-bond donors (Lipinski definition) is 2. The molecule has 4 nitrogen and oxygen atoms in total. The van der Waals surface area contributed by atoms with Crippen molar-refractivity contribution in [1.82, 2.24) is 0 Å². The second-order valence-electron chi connectivity index (χ2n) is 4.15. The van der Waals surface area contributed by atoms with Crippen molar-refractivity contribution >= 4 is 17.6 Å². The number of carboxylic acids is 1. The molecule has 1 aliphatic rings. The largest absolute Gasteiger partial charge is 0.492 e. The molecule has 1 atom stereocenters. The molecular formula is C12H14ClNO3. The Labute approximate surface area is 104 Å². The maximum Gasteiger partial charge on any atom is 0.325 e. The van der Waals surface area contributed by atoms with Gasteiger partial charge in [0.15, 0.2) is 0 Å². The van der Waals surface area contributed by atoms with Crippen LogP contribution in [0, 0.1) is 6.92 Å². The molecule has 0 aromatic heterocycles. The monoisotopic (exact) mass is 255 g/mol. The van der Waals surface area contributed by atoms with Crippen LogP contribution in [-0.4, -0.2) is 17.7 Å². The third-order valence-corrected chi connectivity index (χ3v) is 3.36. The van der Waals surface area contributed by atoms with E-state index in [9.17, 15) is 4.79 Å². The van der Waals surface area contributed by atoms with Crippen LogP contribution in [0.1, 0.15) is 29.2 Å². The van der Waals surface area contributed by atoms with Crippen molar-refractivity contribution in [2.45, 2.75) is 25.8 Å². The second-order valence-corrected chi connectivity index (χ2v) is 4.56. The summed E-state index contributed by atoms with van der Waals surface area (Å²) in [5, 5.41) is 9.40. The third kappa shape index (κ3) is 2.10. The third-order valence-electron chi connectivity index (χ3n) is 3.08. The van der Waals surface area contributed by atoms with E-state index >= 15 is 0 Å². The van der Waals surface area contributed by atoms with Crippen molar-refractivity contribution in [2.75, 3.05) is 6.61 Å². The number of hydrogen-bond acceptors (Lipinski definition) is 3. The fourth-order valence-electron chi connectivity index (χ4n) is 2.14. The van der Waals surface area contributed by atoms with Gasteiger partial charge in [-0.3, -0.25) is 4.79 Å². The standard InChI is InChI=1S/C12H14ClNO3/c1-6-7-3-2-4-17-11(7)9(13)5-8(6)10(14)12(15)16/h5,10H,2-4,14H2,1H3,(H,15,16). The van der Waals surface area contributed by atoms with Crippen LogP contribution in [0.5, 0.6) is 5.75 Å². The molecule has 0 spiro atoms. The fraction of sp³-hybridized carbons (Fsp3) is 0.417. The Hall–Kier alpha value is -1.26. The lowest BCUT2D eigenvalue weighted by Crippen LogP contribution is -2.23. The zero-order chi connectivity index (χ0) is 12.6. The summed E-state index contributed by atoms with van der Waals surface area (Å²) >= 11 is 6.09. The predicted molar refractivity (Wildman–Crippen MR) is 64.6 cm³/mol. The topological polar surface area (TPSA) is 72.6 Å². The van der Waals surface area contributed by atoms with Gasteiger partial charge in [-0.25, -0.2) is 0 Å². The number of aliphatic carboxylic acids is 1. The normalized spacial score (nSPS) is 15.9. The lowest BCUT2D eigenvalue weighted by atomic mass is 9.93. The average Bonchev–Trinajstić information content (AvgIpc) is 2.33. The van der Waals surface area contributed by atoms with E-state index in [1.807, 2.05) is 6.92 Å². The quantitative estimate of drug-likeness (QED) is 0.848. The van der Waals surface area contributed by atoms with Crippen LogP contribution < -0.4 is 10.5 Å². The van der Waals surface area contributed by atoms with Gasteiger partial charge in [-0.2, -0.15) is 0 Å². The van der Waals surface area contributed by atoms with Gasteiger partial charge in [0.05, 0.1) is 11.6 Å². The van der Waals surface area contributed by atoms with Crippen LogP contribution in [0.2, 0.25) is 5.02 Å². The van der Waals surface area contributed by atoms with E-state index in [0.717, 1.165) is 24.0 Å². The molecule has 1 unspecified atom stereocenters. The van der Waals surface area contributed by atoms with Crippen molar-refractivity contribution in [3.8, 4) is 5.75 Å². The molecule has 92 valence electrons. The summed E-state index contributed by atoms with van der Waals surface area (Å²) in [6, 6.07) is 0.555. The number of benzene rings is 1. The Morgan fingerprint density at radius 2 is 2.35 bits per heavy atom. The molecule has 2 rings (SSSR count). The second kappa shape index (κ2) is 4.55. The van der Waals surface area contributed by atoms with E-state index in [2.05, 4.69) is 0 Å². The smallest absolute Gasteiger partial charge is 0.325 e. The molecule has 0 bridgehead atoms. The highest BCUT2D eigenvalue weighted by Gasteiger charge is 2.24. The molecule has 1 aliphatic heterocycles. The molecule has 1 heterocycles. The maximum atomic E-state index is 10.9. The van der Waals surface area contributed by atoms with Gasteiger partial charge >= 0.3 is 5.97 Å². The van der Waals surface area contributed by atoms with Crippen molar-refractivity contribution in [1.29, 1.82) is 0 Å². The number of halogens is 1. The van der Waals surface area contributed by atoms with E-state index in [1.165, 1.54) is 0 Å². The van der Waals surface area contributed by atoms with E-state index in [4.69, 9.17) is 27.2 Å². The van der Waals surface area contributed by atoms with Crippen molar-refractivity contribution in [3.63, 3.8) is 0 Å². The number of rotatable bonds is 2. The summed E-state index contributed by atoms with van der Waals surface area (Å²) in [6.45, 7) is 2.51. The number of carboxylic acid groups (broad SMARTS) is 1. The van der Waals surface area contributed by atoms with Crippen LogP contribution in [0.3, 0.4) is 0 Å². The minimum Gasteiger partial charge on any atom is -0.492 e. The van der Waals surface area contributed by atoms with Gasteiger partial charge in [0.1, 0.15) is 11.8 Å². The predicted octanol–water partition coefficient (Wildman–Crippen LogP) is 2.06. The van der Waals surface area contributed by atoms with Crippen molar-refractivity contribution in [3.05, 3.63) is 27.8 Å². The van der Waals surface area contributed by atoms with Gasteiger partial charge in [0.25, 0.3) is 0 Å². The molecule has 0 saturated carbocycles. The fourth-order valence-corrected chi connectivity index (χ4v) is 2.42.